The highest BCUT2D eigenvalue weighted by molar-refractivity contribution is 7.92. The van der Waals surface area contributed by atoms with E-state index in [0.29, 0.717) is 22.6 Å². The van der Waals surface area contributed by atoms with Gasteiger partial charge in [0, 0.05) is 23.2 Å². The molecule has 4 aromatic carbocycles. The molecule has 0 saturated carbocycles. The summed E-state index contributed by atoms with van der Waals surface area (Å²) >= 11 is 1.49. The number of nitrogens with one attached hydrogen (secondary N) is 1. The number of aryl methyl sites for hydroxylation is 2. The fraction of sp³-hybridized carbons (Fsp3) is 0.111. The lowest BCUT2D eigenvalue weighted by Crippen LogP contribution is -2.16. The van der Waals surface area contributed by atoms with Crippen molar-refractivity contribution in [1.82, 2.24) is 4.57 Å². The summed E-state index contributed by atoms with van der Waals surface area (Å²) in [4.78, 5) is 18.2. The van der Waals surface area contributed by atoms with E-state index in [1.165, 1.54) is 11.3 Å². The maximum Gasteiger partial charge on any atom is 0.279 e. The molecule has 5 rings (SSSR count). The molecule has 1 heterocycles. The molecule has 0 aliphatic heterocycles. The predicted octanol–water partition coefficient (Wildman–Crippen LogP) is 5.73. The van der Waals surface area contributed by atoms with Crippen LogP contribution in [0.2, 0.25) is 0 Å². The van der Waals surface area contributed by atoms with Crippen LogP contribution in [0, 0.1) is 6.92 Å². The Labute approximate surface area is 207 Å². The molecule has 0 atom stereocenters. The number of thiazole rings is 1. The van der Waals surface area contributed by atoms with Crippen LogP contribution in [-0.4, -0.2) is 18.9 Å². The Hall–Kier alpha value is -3.75. The van der Waals surface area contributed by atoms with Crippen molar-refractivity contribution < 1.29 is 13.2 Å². The van der Waals surface area contributed by atoms with E-state index in [4.69, 9.17) is 0 Å². The predicted molar refractivity (Wildman–Crippen MR) is 141 cm³/mol. The molecule has 176 valence electrons. The fourth-order valence-corrected chi connectivity index (χ4v) is 6.24. The molecule has 0 aliphatic carbocycles. The Morgan fingerprint density at radius 2 is 1.66 bits per heavy atom. The summed E-state index contributed by atoms with van der Waals surface area (Å²) < 4.78 is 30.9. The topological polar surface area (TPSA) is 80.5 Å². The number of carbonyl (C=O) groups excluding carboxylic acids is 1. The monoisotopic (exact) mass is 501 g/mol. The van der Waals surface area contributed by atoms with E-state index in [0.717, 1.165) is 26.6 Å². The second-order valence-corrected chi connectivity index (χ2v) is 10.8. The van der Waals surface area contributed by atoms with Crippen molar-refractivity contribution in [2.45, 2.75) is 25.3 Å². The lowest BCUT2D eigenvalue weighted by atomic mass is 10.1. The minimum atomic E-state index is -3.71. The Kier molecular flexibility index (Phi) is 6.00. The number of nitrogens with zero attached hydrogens (tertiary/aromatic N) is 2. The molecular formula is C27H23N3O3S2. The van der Waals surface area contributed by atoms with E-state index >= 15 is 0 Å². The normalized spacial score (nSPS) is 12.3. The van der Waals surface area contributed by atoms with Gasteiger partial charge in [-0.1, -0.05) is 59.4 Å². The van der Waals surface area contributed by atoms with Crippen molar-refractivity contribution in [2.24, 2.45) is 4.99 Å². The maximum absolute atomic E-state index is 13.0. The van der Waals surface area contributed by atoms with Gasteiger partial charge in [0.05, 0.1) is 15.1 Å². The van der Waals surface area contributed by atoms with Crippen LogP contribution in [0.3, 0.4) is 0 Å². The van der Waals surface area contributed by atoms with Gasteiger partial charge in [0.25, 0.3) is 15.9 Å². The van der Waals surface area contributed by atoms with Crippen molar-refractivity contribution in [2.75, 3.05) is 4.72 Å². The number of anilines is 1. The van der Waals surface area contributed by atoms with E-state index in [-0.39, 0.29) is 10.8 Å². The maximum atomic E-state index is 13.0. The largest absolute Gasteiger partial charge is 0.317 e. The first-order valence-corrected chi connectivity index (χ1v) is 13.5. The zero-order valence-corrected chi connectivity index (χ0v) is 20.9. The van der Waals surface area contributed by atoms with Crippen LogP contribution in [0.1, 0.15) is 22.8 Å². The molecule has 0 bridgehead atoms. The van der Waals surface area contributed by atoms with Gasteiger partial charge in [-0.2, -0.15) is 4.99 Å². The summed E-state index contributed by atoms with van der Waals surface area (Å²) in [7, 11) is -3.71. The third kappa shape index (κ3) is 4.50. The number of aromatic nitrogens is 1. The molecule has 1 N–H and O–H groups in total. The molecule has 1 aromatic heterocycles. The highest BCUT2D eigenvalue weighted by atomic mass is 32.2. The van der Waals surface area contributed by atoms with E-state index in [2.05, 4.69) is 34.0 Å². The summed E-state index contributed by atoms with van der Waals surface area (Å²) in [5.74, 6) is -0.379. The van der Waals surface area contributed by atoms with Gasteiger partial charge < -0.3 is 4.57 Å². The molecule has 35 heavy (non-hydrogen) atoms. The minimum absolute atomic E-state index is 0.180. The average Bonchev–Trinajstić information content (AvgIpc) is 3.22. The third-order valence-electron chi connectivity index (χ3n) is 5.80. The molecule has 0 fully saturated rings. The molecule has 1 amide bonds. The number of hydrogen-bond donors (Lipinski definition) is 1. The van der Waals surface area contributed by atoms with E-state index in [9.17, 15) is 13.2 Å². The van der Waals surface area contributed by atoms with Gasteiger partial charge in [0.15, 0.2) is 4.80 Å². The quantitative estimate of drug-likeness (QED) is 0.334. The van der Waals surface area contributed by atoms with Crippen LogP contribution in [0.4, 0.5) is 5.69 Å². The number of amides is 1. The highest BCUT2D eigenvalue weighted by Crippen LogP contribution is 2.27. The van der Waals surface area contributed by atoms with Gasteiger partial charge in [0.1, 0.15) is 0 Å². The minimum Gasteiger partial charge on any atom is -0.317 e. The molecule has 5 aromatic rings. The van der Waals surface area contributed by atoms with E-state index < -0.39 is 10.0 Å². The number of hydrogen-bond acceptors (Lipinski definition) is 4. The zero-order valence-electron chi connectivity index (χ0n) is 19.2. The van der Waals surface area contributed by atoms with Crippen LogP contribution >= 0.6 is 11.3 Å². The zero-order chi connectivity index (χ0) is 24.6. The molecule has 0 unspecified atom stereocenters. The van der Waals surface area contributed by atoms with Crippen molar-refractivity contribution in [3.63, 3.8) is 0 Å². The number of benzene rings is 4. The van der Waals surface area contributed by atoms with Crippen LogP contribution < -0.4 is 9.52 Å². The first kappa shape index (κ1) is 23.0. The fourth-order valence-electron chi connectivity index (χ4n) is 3.95. The molecule has 0 saturated heterocycles. The van der Waals surface area contributed by atoms with Crippen LogP contribution in [0.25, 0.3) is 21.0 Å². The Balaban J connectivity index is 1.44. The summed E-state index contributed by atoms with van der Waals surface area (Å²) in [6.45, 7) is 4.61. The average molecular weight is 502 g/mol. The van der Waals surface area contributed by atoms with Gasteiger partial charge >= 0.3 is 0 Å². The van der Waals surface area contributed by atoms with E-state index in [1.54, 1.807) is 48.5 Å². The van der Waals surface area contributed by atoms with Crippen LogP contribution in [-0.2, 0) is 16.6 Å². The van der Waals surface area contributed by atoms with Gasteiger partial charge in [-0.15, -0.1) is 0 Å². The van der Waals surface area contributed by atoms with Crippen molar-refractivity contribution in [1.29, 1.82) is 0 Å². The number of carbonyl (C=O) groups is 1. The second-order valence-electron chi connectivity index (χ2n) is 8.18. The lowest BCUT2D eigenvalue weighted by molar-refractivity contribution is 0.0998. The Bertz CT molecular complexity index is 1730. The highest BCUT2D eigenvalue weighted by Gasteiger charge is 2.15. The standard InChI is InChI=1S/C27H23N3O3S2/c1-3-30-24-17-12-19-6-4-5-7-23(19)25(24)34-27(30)28-26(31)20-10-13-21(14-11-20)29-35(32,33)22-15-8-18(2)9-16-22/h4-17,29H,3H2,1-2H3. The molecule has 6 nitrogen and oxygen atoms in total. The van der Waals surface area contributed by atoms with Crippen molar-refractivity contribution >= 4 is 53.9 Å². The summed E-state index contributed by atoms with van der Waals surface area (Å²) in [5.41, 5.74) is 2.78. The molecule has 0 aliphatic rings. The second kappa shape index (κ2) is 9.13. The molecular weight excluding hydrogens is 478 g/mol. The Morgan fingerprint density at radius 3 is 2.37 bits per heavy atom. The summed E-state index contributed by atoms with van der Waals surface area (Å²) in [5, 5.41) is 2.28. The van der Waals surface area contributed by atoms with Crippen LogP contribution in [0.5, 0.6) is 0 Å². The smallest absolute Gasteiger partial charge is 0.279 e. The molecule has 0 spiro atoms. The third-order valence-corrected chi connectivity index (χ3v) is 8.33. The van der Waals surface area contributed by atoms with Gasteiger partial charge in [0.2, 0.25) is 0 Å². The molecule has 0 radical (unpaired) electrons. The van der Waals surface area contributed by atoms with Gasteiger partial charge in [-0.3, -0.25) is 9.52 Å². The number of sulfonamides is 1. The summed E-state index contributed by atoms with van der Waals surface area (Å²) in [6, 6.07) is 25.2. The molecule has 8 heteroatoms. The SMILES string of the molecule is CCn1c(=NC(=O)c2ccc(NS(=O)(=O)c3ccc(C)cc3)cc2)sc2c3ccccc3ccc21. The number of rotatable bonds is 5. The van der Waals surface area contributed by atoms with Gasteiger partial charge in [-0.05, 0) is 61.7 Å². The van der Waals surface area contributed by atoms with Crippen LogP contribution in [0.15, 0.2) is 94.8 Å². The van der Waals surface area contributed by atoms with Gasteiger partial charge in [-0.25, -0.2) is 8.42 Å². The van der Waals surface area contributed by atoms with E-state index in [1.807, 2.05) is 30.5 Å². The van der Waals surface area contributed by atoms with Crippen molar-refractivity contribution in [3.05, 3.63) is 101 Å². The Morgan fingerprint density at radius 1 is 0.943 bits per heavy atom. The summed E-state index contributed by atoms with van der Waals surface area (Å²) in [6.07, 6.45) is 0. The first-order chi connectivity index (χ1) is 16.9. The lowest BCUT2D eigenvalue weighted by Gasteiger charge is -2.08. The van der Waals surface area contributed by atoms with Crippen molar-refractivity contribution in [3.8, 4) is 0 Å². The number of fused-ring (bicyclic) bond motifs is 3. The first-order valence-electron chi connectivity index (χ1n) is 11.2.